The Bertz CT molecular complexity index is 1050. The number of halogens is 3. The Kier molecular flexibility index (Phi) is 6.61. The molecule has 27 heavy (non-hydrogen) atoms. The zero-order valence-electron chi connectivity index (χ0n) is 14.8. The number of aryl methyl sites for hydroxylation is 1. The van der Waals surface area contributed by atoms with Crippen LogP contribution >= 0.6 is 46.1 Å². The smallest absolute Gasteiger partial charge is 0.279 e. The molecule has 0 N–H and O–H groups in total. The van der Waals surface area contributed by atoms with E-state index in [1.165, 1.54) is 11.3 Å². The molecule has 1 amide bonds. The van der Waals surface area contributed by atoms with Crippen molar-refractivity contribution in [3.05, 3.63) is 61.3 Å². The summed E-state index contributed by atoms with van der Waals surface area (Å²) in [6.45, 7) is 5.60. The maximum atomic E-state index is 12.7. The van der Waals surface area contributed by atoms with Gasteiger partial charge in [-0.25, -0.2) is 0 Å². The van der Waals surface area contributed by atoms with E-state index in [-0.39, 0.29) is 0 Å². The predicted octanol–water partition coefficient (Wildman–Crippen LogP) is 5.75. The lowest BCUT2D eigenvalue weighted by atomic mass is 10.2. The van der Waals surface area contributed by atoms with E-state index >= 15 is 0 Å². The van der Waals surface area contributed by atoms with Crippen LogP contribution in [0.4, 0.5) is 0 Å². The maximum Gasteiger partial charge on any atom is 0.279 e. The molecule has 0 aliphatic rings. The minimum Gasteiger partial charge on any atom is -0.380 e. The summed E-state index contributed by atoms with van der Waals surface area (Å²) in [5.41, 5.74) is 2.25. The van der Waals surface area contributed by atoms with Gasteiger partial charge in [0.2, 0.25) is 0 Å². The predicted molar refractivity (Wildman–Crippen MR) is 112 cm³/mol. The van der Waals surface area contributed by atoms with Crippen LogP contribution in [0.2, 0.25) is 15.1 Å². The molecule has 142 valence electrons. The summed E-state index contributed by atoms with van der Waals surface area (Å²) < 4.78 is 8.47. The Labute approximate surface area is 176 Å². The van der Waals surface area contributed by atoms with E-state index < -0.39 is 5.91 Å². The number of carbonyl (C=O) groups excluding carboxylic acids is 1. The number of benzene rings is 2. The first-order valence-corrected chi connectivity index (χ1v) is 10.3. The third-order valence-electron chi connectivity index (χ3n) is 4.00. The molecule has 1 heterocycles. The van der Waals surface area contributed by atoms with Crippen molar-refractivity contribution in [2.75, 3.05) is 13.2 Å². The van der Waals surface area contributed by atoms with Gasteiger partial charge in [0.15, 0.2) is 4.80 Å². The van der Waals surface area contributed by atoms with Crippen molar-refractivity contribution in [1.29, 1.82) is 0 Å². The summed E-state index contributed by atoms with van der Waals surface area (Å²) in [5, 5.41) is 1.46. The third-order valence-corrected chi connectivity index (χ3v) is 5.89. The summed E-state index contributed by atoms with van der Waals surface area (Å²) in [5.74, 6) is -0.403. The lowest BCUT2D eigenvalue weighted by Crippen LogP contribution is -2.20. The Balaban J connectivity index is 2.14. The first-order valence-electron chi connectivity index (χ1n) is 8.32. The van der Waals surface area contributed by atoms with E-state index in [1.54, 1.807) is 18.2 Å². The highest BCUT2D eigenvalue weighted by molar-refractivity contribution is 7.16. The SMILES string of the molecule is CCOCCn1c(=NC(=O)c2cc(Cl)cc(Cl)c2)sc2ccc(Cl)c(C)c21. The zero-order chi connectivity index (χ0) is 19.6. The van der Waals surface area contributed by atoms with Crippen LogP contribution in [0.5, 0.6) is 0 Å². The Morgan fingerprint density at radius 2 is 1.89 bits per heavy atom. The molecule has 4 nitrogen and oxygen atoms in total. The van der Waals surface area contributed by atoms with Crippen molar-refractivity contribution < 1.29 is 9.53 Å². The number of carbonyl (C=O) groups is 1. The highest BCUT2D eigenvalue weighted by atomic mass is 35.5. The third kappa shape index (κ3) is 4.55. The average molecular weight is 444 g/mol. The molecule has 0 unspecified atom stereocenters. The van der Waals surface area contributed by atoms with Gasteiger partial charge >= 0.3 is 0 Å². The molecule has 2 aromatic carbocycles. The van der Waals surface area contributed by atoms with Gasteiger partial charge in [0.25, 0.3) is 5.91 Å². The number of hydrogen-bond acceptors (Lipinski definition) is 3. The summed E-state index contributed by atoms with van der Waals surface area (Å²) in [6.07, 6.45) is 0. The van der Waals surface area contributed by atoms with E-state index in [4.69, 9.17) is 39.5 Å². The van der Waals surface area contributed by atoms with Gasteiger partial charge in [-0.15, -0.1) is 0 Å². The number of ether oxygens (including phenoxy) is 1. The molecular weight excluding hydrogens is 427 g/mol. The van der Waals surface area contributed by atoms with E-state index in [2.05, 4.69) is 4.99 Å². The van der Waals surface area contributed by atoms with Crippen molar-refractivity contribution >= 4 is 62.3 Å². The number of rotatable bonds is 5. The number of fused-ring (bicyclic) bond motifs is 1. The number of amides is 1. The van der Waals surface area contributed by atoms with Crippen LogP contribution < -0.4 is 4.80 Å². The zero-order valence-corrected chi connectivity index (χ0v) is 17.8. The summed E-state index contributed by atoms with van der Waals surface area (Å²) >= 11 is 19.7. The van der Waals surface area contributed by atoms with E-state index in [0.29, 0.717) is 45.2 Å². The summed E-state index contributed by atoms with van der Waals surface area (Å²) in [7, 11) is 0. The van der Waals surface area contributed by atoms with Gasteiger partial charge in [-0.2, -0.15) is 4.99 Å². The lowest BCUT2D eigenvalue weighted by Gasteiger charge is -2.08. The fourth-order valence-electron chi connectivity index (χ4n) is 2.74. The summed E-state index contributed by atoms with van der Waals surface area (Å²) in [6, 6.07) is 8.47. The molecule has 1 aromatic heterocycles. The average Bonchev–Trinajstić information content (AvgIpc) is 2.95. The molecule has 3 rings (SSSR count). The highest BCUT2D eigenvalue weighted by Gasteiger charge is 2.13. The highest BCUT2D eigenvalue weighted by Crippen LogP contribution is 2.27. The van der Waals surface area contributed by atoms with Crippen LogP contribution in [0.1, 0.15) is 22.8 Å². The molecule has 0 saturated carbocycles. The van der Waals surface area contributed by atoms with Gasteiger partial charge in [0.05, 0.1) is 16.8 Å². The first-order chi connectivity index (χ1) is 12.9. The van der Waals surface area contributed by atoms with Gasteiger partial charge in [-0.1, -0.05) is 46.1 Å². The second kappa shape index (κ2) is 8.76. The van der Waals surface area contributed by atoms with Gasteiger partial charge in [0, 0.05) is 33.8 Å². The minimum absolute atomic E-state index is 0.344. The second-order valence-corrected chi connectivity index (χ2v) is 8.12. The van der Waals surface area contributed by atoms with Gasteiger partial charge < -0.3 is 9.30 Å². The van der Waals surface area contributed by atoms with Crippen LogP contribution in [0, 0.1) is 6.92 Å². The lowest BCUT2D eigenvalue weighted by molar-refractivity contribution is 0.0996. The fraction of sp³-hybridized carbons (Fsp3) is 0.263. The Morgan fingerprint density at radius 3 is 2.56 bits per heavy atom. The molecule has 0 fully saturated rings. The number of nitrogens with zero attached hydrogens (tertiary/aromatic N) is 2. The van der Waals surface area contributed by atoms with Crippen LogP contribution in [0.3, 0.4) is 0 Å². The number of thiazole rings is 1. The van der Waals surface area contributed by atoms with Crippen molar-refractivity contribution in [2.45, 2.75) is 20.4 Å². The van der Waals surface area contributed by atoms with Crippen LogP contribution in [-0.4, -0.2) is 23.7 Å². The van der Waals surface area contributed by atoms with Crippen LogP contribution in [0.15, 0.2) is 35.3 Å². The van der Waals surface area contributed by atoms with Crippen molar-refractivity contribution in [3.63, 3.8) is 0 Å². The van der Waals surface area contributed by atoms with Crippen molar-refractivity contribution in [3.8, 4) is 0 Å². The van der Waals surface area contributed by atoms with Crippen LogP contribution in [-0.2, 0) is 11.3 Å². The second-order valence-electron chi connectivity index (χ2n) is 5.83. The van der Waals surface area contributed by atoms with Crippen molar-refractivity contribution in [2.24, 2.45) is 4.99 Å². The first kappa shape index (κ1) is 20.4. The molecule has 3 aromatic rings. The van der Waals surface area contributed by atoms with Crippen LogP contribution in [0.25, 0.3) is 10.2 Å². The molecule has 0 aliphatic carbocycles. The quantitative estimate of drug-likeness (QED) is 0.471. The van der Waals surface area contributed by atoms with Gasteiger partial charge in [-0.3, -0.25) is 4.79 Å². The maximum absolute atomic E-state index is 12.7. The monoisotopic (exact) mass is 442 g/mol. The van der Waals surface area contributed by atoms with E-state index in [1.807, 2.05) is 30.5 Å². The summed E-state index contributed by atoms with van der Waals surface area (Å²) in [4.78, 5) is 17.6. The molecular formula is C19H17Cl3N2O2S. The number of aromatic nitrogens is 1. The number of hydrogen-bond donors (Lipinski definition) is 0. The molecule has 0 radical (unpaired) electrons. The Hall–Kier alpha value is -1.37. The molecule has 0 atom stereocenters. The van der Waals surface area contributed by atoms with Gasteiger partial charge in [-0.05, 0) is 49.7 Å². The topological polar surface area (TPSA) is 43.6 Å². The normalized spacial score (nSPS) is 12.1. The molecule has 0 spiro atoms. The standard InChI is InChI=1S/C19H17Cl3N2O2S/c1-3-26-7-6-24-17-11(2)15(22)4-5-16(17)27-19(24)23-18(25)12-8-13(20)10-14(21)9-12/h4-5,8-10H,3,6-7H2,1-2H3. The fourth-order valence-corrected chi connectivity index (χ4v) is 4.53. The minimum atomic E-state index is -0.403. The molecule has 0 aliphatic heterocycles. The van der Waals surface area contributed by atoms with E-state index in [0.717, 1.165) is 15.8 Å². The largest absolute Gasteiger partial charge is 0.380 e. The van der Waals surface area contributed by atoms with Gasteiger partial charge in [0.1, 0.15) is 0 Å². The van der Waals surface area contributed by atoms with Crippen molar-refractivity contribution in [1.82, 2.24) is 4.57 Å². The molecule has 0 saturated heterocycles. The van der Waals surface area contributed by atoms with E-state index in [9.17, 15) is 4.79 Å². The Morgan fingerprint density at radius 1 is 1.19 bits per heavy atom. The molecule has 0 bridgehead atoms. The molecule has 8 heteroatoms.